The second-order valence-electron chi connectivity index (χ2n) is 7.60. The molecule has 3 aromatic rings. The predicted molar refractivity (Wildman–Crippen MR) is 118 cm³/mol. The number of hydrogen-bond donors (Lipinski definition) is 2. The monoisotopic (exact) mass is 439 g/mol. The minimum Gasteiger partial charge on any atom is -0.487 e. The highest BCUT2D eigenvalue weighted by Gasteiger charge is 2.17. The number of anilines is 1. The van der Waals surface area contributed by atoms with Gasteiger partial charge in [0.1, 0.15) is 18.9 Å². The lowest BCUT2D eigenvalue weighted by atomic mass is 10.2. The van der Waals surface area contributed by atoms with Crippen molar-refractivity contribution >= 4 is 28.8 Å². The van der Waals surface area contributed by atoms with Crippen molar-refractivity contribution in [3.8, 4) is 5.75 Å². The third-order valence-corrected chi connectivity index (χ3v) is 5.91. The van der Waals surface area contributed by atoms with Crippen molar-refractivity contribution in [2.45, 2.75) is 51.8 Å². The summed E-state index contributed by atoms with van der Waals surface area (Å²) in [6.07, 6.45) is 7.61. The number of benzene rings is 1. The van der Waals surface area contributed by atoms with Crippen LogP contribution in [0.2, 0.25) is 0 Å². The fourth-order valence-electron chi connectivity index (χ4n) is 3.54. The van der Waals surface area contributed by atoms with Crippen LogP contribution in [0, 0.1) is 6.92 Å². The number of carbonyl (C=O) groups excluding carboxylic acids is 2. The van der Waals surface area contributed by atoms with Gasteiger partial charge >= 0.3 is 0 Å². The van der Waals surface area contributed by atoms with Crippen molar-refractivity contribution in [3.05, 3.63) is 58.3 Å². The van der Waals surface area contributed by atoms with Gasteiger partial charge in [-0.2, -0.15) is 5.10 Å². The summed E-state index contributed by atoms with van der Waals surface area (Å²) in [5.41, 5.74) is 1.93. The third-order valence-electron chi connectivity index (χ3n) is 5.09. The molecule has 31 heavy (non-hydrogen) atoms. The smallest absolute Gasteiger partial charge is 0.255 e. The van der Waals surface area contributed by atoms with Crippen molar-refractivity contribution in [2.75, 3.05) is 5.32 Å². The van der Waals surface area contributed by atoms with E-state index in [1.807, 2.05) is 12.3 Å². The number of ether oxygens (including phenoxy) is 1. The highest BCUT2D eigenvalue weighted by atomic mass is 32.1. The first kappa shape index (κ1) is 21.0. The molecule has 2 amide bonds. The standard InChI is InChI=1S/C22H25N5O3S/c1-15-24-19(14-31-15)13-30-20-8-6-16(7-9-20)22(29)26-18-10-23-27(11-18)12-21(28)25-17-4-2-3-5-17/h6-11,14,17H,2-5,12-13H2,1H3,(H,25,28)(H,26,29). The van der Waals surface area contributed by atoms with Crippen LogP contribution in [-0.2, 0) is 17.9 Å². The third kappa shape index (κ3) is 5.91. The van der Waals surface area contributed by atoms with E-state index in [0.717, 1.165) is 23.5 Å². The molecule has 1 aromatic carbocycles. The lowest BCUT2D eigenvalue weighted by Gasteiger charge is -2.11. The summed E-state index contributed by atoms with van der Waals surface area (Å²) in [4.78, 5) is 29.0. The van der Waals surface area contributed by atoms with E-state index >= 15 is 0 Å². The zero-order chi connectivity index (χ0) is 21.6. The van der Waals surface area contributed by atoms with E-state index in [1.54, 1.807) is 41.8 Å². The quantitative estimate of drug-likeness (QED) is 0.559. The van der Waals surface area contributed by atoms with Gasteiger partial charge < -0.3 is 15.4 Å². The maximum absolute atomic E-state index is 12.5. The van der Waals surface area contributed by atoms with Gasteiger partial charge in [-0.15, -0.1) is 11.3 Å². The summed E-state index contributed by atoms with van der Waals surface area (Å²) >= 11 is 1.59. The molecule has 0 aliphatic heterocycles. The number of aryl methyl sites for hydroxylation is 1. The second kappa shape index (κ2) is 9.74. The number of aromatic nitrogens is 3. The van der Waals surface area contributed by atoms with Crippen LogP contribution in [0.3, 0.4) is 0 Å². The summed E-state index contributed by atoms with van der Waals surface area (Å²) in [6.45, 7) is 2.48. The zero-order valence-electron chi connectivity index (χ0n) is 17.3. The normalized spacial score (nSPS) is 13.8. The fraction of sp³-hybridized carbons (Fsp3) is 0.364. The van der Waals surface area contributed by atoms with Gasteiger partial charge in [0, 0.05) is 23.2 Å². The van der Waals surface area contributed by atoms with Crippen molar-refractivity contribution in [1.29, 1.82) is 0 Å². The number of nitrogens with zero attached hydrogens (tertiary/aromatic N) is 3. The van der Waals surface area contributed by atoms with Gasteiger partial charge in [-0.3, -0.25) is 14.3 Å². The molecule has 0 bridgehead atoms. The lowest BCUT2D eigenvalue weighted by Crippen LogP contribution is -2.35. The zero-order valence-corrected chi connectivity index (χ0v) is 18.2. The molecule has 2 aromatic heterocycles. The lowest BCUT2D eigenvalue weighted by molar-refractivity contribution is -0.122. The Morgan fingerprint density at radius 1 is 1.23 bits per heavy atom. The van der Waals surface area contributed by atoms with Gasteiger partial charge in [-0.25, -0.2) is 4.98 Å². The van der Waals surface area contributed by atoms with E-state index < -0.39 is 0 Å². The minimum absolute atomic E-state index is 0.0590. The van der Waals surface area contributed by atoms with Crippen molar-refractivity contribution in [2.24, 2.45) is 0 Å². The number of thiazole rings is 1. The molecule has 0 atom stereocenters. The highest BCUT2D eigenvalue weighted by Crippen LogP contribution is 2.18. The molecule has 1 fully saturated rings. The van der Waals surface area contributed by atoms with Crippen LogP contribution in [0.25, 0.3) is 0 Å². The topological polar surface area (TPSA) is 98.1 Å². The average Bonchev–Trinajstić information content (AvgIpc) is 3.50. The molecule has 8 nitrogen and oxygen atoms in total. The van der Waals surface area contributed by atoms with Gasteiger partial charge in [0.2, 0.25) is 5.91 Å². The molecule has 0 saturated heterocycles. The largest absolute Gasteiger partial charge is 0.487 e. The van der Waals surface area contributed by atoms with E-state index in [1.165, 1.54) is 23.7 Å². The minimum atomic E-state index is -0.253. The summed E-state index contributed by atoms with van der Waals surface area (Å²) < 4.78 is 7.23. The van der Waals surface area contributed by atoms with Crippen LogP contribution in [0.5, 0.6) is 5.75 Å². The molecule has 0 unspecified atom stereocenters. The Morgan fingerprint density at radius 3 is 2.71 bits per heavy atom. The highest BCUT2D eigenvalue weighted by molar-refractivity contribution is 7.09. The van der Waals surface area contributed by atoms with E-state index in [9.17, 15) is 9.59 Å². The first-order chi connectivity index (χ1) is 15.0. The molecule has 1 aliphatic rings. The molecule has 4 rings (SSSR count). The summed E-state index contributed by atoms with van der Waals surface area (Å²) in [6, 6.07) is 7.20. The molecule has 0 spiro atoms. The molecular weight excluding hydrogens is 414 g/mol. The molecule has 1 aliphatic carbocycles. The van der Waals surface area contributed by atoms with E-state index in [2.05, 4.69) is 20.7 Å². The van der Waals surface area contributed by atoms with Crippen molar-refractivity contribution in [1.82, 2.24) is 20.1 Å². The van der Waals surface area contributed by atoms with Crippen LogP contribution in [0.4, 0.5) is 5.69 Å². The number of nitrogens with one attached hydrogen (secondary N) is 2. The van der Waals surface area contributed by atoms with Crippen LogP contribution in [-0.4, -0.2) is 32.6 Å². The average molecular weight is 440 g/mol. The van der Waals surface area contributed by atoms with Crippen molar-refractivity contribution in [3.63, 3.8) is 0 Å². The van der Waals surface area contributed by atoms with Gasteiger partial charge in [-0.05, 0) is 44.0 Å². The first-order valence-corrected chi connectivity index (χ1v) is 11.2. The Bertz CT molecular complexity index is 1040. The number of hydrogen-bond acceptors (Lipinski definition) is 6. The van der Waals surface area contributed by atoms with Gasteiger partial charge in [-0.1, -0.05) is 12.8 Å². The summed E-state index contributed by atoms with van der Waals surface area (Å²) in [5, 5.41) is 13.0. The van der Waals surface area contributed by atoms with Crippen LogP contribution in [0.15, 0.2) is 42.0 Å². The molecule has 9 heteroatoms. The predicted octanol–water partition coefficient (Wildman–Crippen LogP) is 3.54. The first-order valence-electron chi connectivity index (χ1n) is 10.3. The molecule has 2 heterocycles. The SMILES string of the molecule is Cc1nc(COc2ccc(C(=O)Nc3cnn(CC(=O)NC4CCCC4)c3)cc2)cs1. The molecule has 162 valence electrons. The Balaban J connectivity index is 1.26. The molecule has 1 saturated carbocycles. The Morgan fingerprint density at radius 2 is 2.00 bits per heavy atom. The number of amides is 2. The van der Waals surface area contributed by atoms with Gasteiger partial charge in [0.25, 0.3) is 5.91 Å². The van der Waals surface area contributed by atoms with Gasteiger partial charge in [0.05, 0.1) is 22.6 Å². The molecule has 2 N–H and O–H groups in total. The maximum atomic E-state index is 12.5. The van der Waals surface area contributed by atoms with Gasteiger partial charge in [0.15, 0.2) is 0 Å². The summed E-state index contributed by atoms with van der Waals surface area (Å²) in [5.74, 6) is 0.358. The Kier molecular flexibility index (Phi) is 6.61. The summed E-state index contributed by atoms with van der Waals surface area (Å²) in [7, 11) is 0. The Hall–Kier alpha value is -3.20. The molecular formula is C22H25N5O3S. The van der Waals surface area contributed by atoms with Crippen LogP contribution < -0.4 is 15.4 Å². The molecule has 0 radical (unpaired) electrons. The van der Waals surface area contributed by atoms with Crippen LogP contribution >= 0.6 is 11.3 Å². The maximum Gasteiger partial charge on any atom is 0.255 e. The Labute approximate surface area is 184 Å². The van der Waals surface area contributed by atoms with E-state index in [4.69, 9.17) is 4.74 Å². The number of rotatable bonds is 8. The van der Waals surface area contributed by atoms with Crippen LogP contribution in [0.1, 0.15) is 46.7 Å². The van der Waals surface area contributed by atoms with E-state index in [0.29, 0.717) is 23.6 Å². The van der Waals surface area contributed by atoms with E-state index in [-0.39, 0.29) is 24.4 Å². The number of carbonyl (C=O) groups is 2. The van der Waals surface area contributed by atoms with Crippen molar-refractivity contribution < 1.29 is 14.3 Å². The second-order valence-corrected chi connectivity index (χ2v) is 8.66. The fourth-order valence-corrected chi connectivity index (χ4v) is 4.14.